The van der Waals surface area contributed by atoms with Gasteiger partial charge in [0, 0.05) is 11.8 Å². The summed E-state index contributed by atoms with van der Waals surface area (Å²) in [5, 5.41) is 0. The standard InChI is InChI=1S/C34H42/c1-7-26-11-16-30-9-8-10-32(34(30)21-26)25(6)33(31-19-17-29(18-20-31)24(4)5)22-27-12-14-28(15-13-27)23(2)3/h11-21,23-24,32-33H,6-10,22H2,1-5H3. The minimum Gasteiger partial charge on any atom is -0.0986 e. The van der Waals surface area contributed by atoms with Gasteiger partial charge in [0.05, 0.1) is 0 Å². The van der Waals surface area contributed by atoms with Crippen LogP contribution < -0.4 is 0 Å². The second-order valence-corrected chi connectivity index (χ2v) is 10.9. The summed E-state index contributed by atoms with van der Waals surface area (Å²) in [6.07, 6.45) is 5.77. The van der Waals surface area contributed by atoms with Crippen molar-refractivity contribution in [1.29, 1.82) is 0 Å². The van der Waals surface area contributed by atoms with Gasteiger partial charge in [-0.15, -0.1) is 0 Å². The quantitative estimate of drug-likeness (QED) is 0.300. The molecule has 0 spiro atoms. The van der Waals surface area contributed by atoms with Crippen LogP contribution in [0.5, 0.6) is 0 Å². The minimum atomic E-state index is 0.326. The van der Waals surface area contributed by atoms with E-state index in [0.29, 0.717) is 23.7 Å². The SMILES string of the molecule is C=C(C(Cc1ccc(C(C)C)cc1)c1ccc(C(C)C)cc1)C1CCCc2ccc(CC)cc21. The van der Waals surface area contributed by atoms with Gasteiger partial charge in [-0.25, -0.2) is 0 Å². The Labute approximate surface area is 208 Å². The highest BCUT2D eigenvalue weighted by atomic mass is 14.3. The van der Waals surface area contributed by atoms with Crippen LogP contribution in [0.4, 0.5) is 0 Å². The van der Waals surface area contributed by atoms with E-state index in [-0.39, 0.29) is 0 Å². The Bertz CT molecular complexity index is 1100. The molecule has 0 N–H and O–H groups in total. The van der Waals surface area contributed by atoms with E-state index < -0.39 is 0 Å². The Morgan fingerprint density at radius 2 is 1.35 bits per heavy atom. The molecule has 0 fully saturated rings. The third-order valence-electron chi connectivity index (χ3n) is 7.92. The van der Waals surface area contributed by atoms with Crippen LogP contribution >= 0.6 is 0 Å². The van der Waals surface area contributed by atoms with E-state index in [2.05, 4.69) is 101 Å². The van der Waals surface area contributed by atoms with Crippen LogP contribution in [0, 0.1) is 0 Å². The summed E-state index contributed by atoms with van der Waals surface area (Å²) in [7, 11) is 0. The first-order chi connectivity index (χ1) is 16.4. The van der Waals surface area contributed by atoms with Crippen molar-refractivity contribution in [3.05, 3.63) is 118 Å². The van der Waals surface area contributed by atoms with Gasteiger partial charge in [-0.05, 0) is 82.9 Å². The smallest absolute Gasteiger partial charge is 0.00919 e. The van der Waals surface area contributed by atoms with Crippen molar-refractivity contribution in [2.45, 2.75) is 90.4 Å². The fourth-order valence-electron chi connectivity index (χ4n) is 5.55. The summed E-state index contributed by atoms with van der Waals surface area (Å²) in [6.45, 7) is 16.1. The van der Waals surface area contributed by atoms with Crippen molar-refractivity contribution in [1.82, 2.24) is 0 Å². The molecule has 0 saturated carbocycles. The summed E-state index contributed by atoms with van der Waals surface area (Å²) < 4.78 is 0. The van der Waals surface area contributed by atoms with E-state index in [1.165, 1.54) is 63.8 Å². The molecule has 0 heterocycles. The van der Waals surface area contributed by atoms with Gasteiger partial charge in [0.15, 0.2) is 0 Å². The summed E-state index contributed by atoms with van der Waals surface area (Å²) in [5.74, 6) is 1.89. The van der Waals surface area contributed by atoms with E-state index in [1.807, 2.05) is 0 Å². The van der Waals surface area contributed by atoms with E-state index >= 15 is 0 Å². The molecule has 0 radical (unpaired) electrons. The number of benzene rings is 3. The van der Waals surface area contributed by atoms with Gasteiger partial charge in [-0.3, -0.25) is 0 Å². The van der Waals surface area contributed by atoms with Crippen LogP contribution in [0.3, 0.4) is 0 Å². The highest BCUT2D eigenvalue weighted by molar-refractivity contribution is 5.45. The maximum atomic E-state index is 4.81. The Balaban J connectivity index is 1.70. The molecule has 0 bridgehead atoms. The molecule has 2 unspecified atom stereocenters. The second kappa shape index (κ2) is 10.8. The Kier molecular flexibility index (Phi) is 7.77. The molecule has 2 atom stereocenters. The number of rotatable bonds is 8. The van der Waals surface area contributed by atoms with Crippen LogP contribution in [0.15, 0.2) is 78.9 Å². The van der Waals surface area contributed by atoms with Gasteiger partial charge in [0.1, 0.15) is 0 Å². The normalized spacial score (nSPS) is 16.5. The first-order valence-corrected chi connectivity index (χ1v) is 13.4. The van der Waals surface area contributed by atoms with E-state index in [9.17, 15) is 0 Å². The number of fused-ring (bicyclic) bond motifs is 1. The molecular weight excluding hydrogens is 408 g/mol. The first kappa shape index (κ1) is 24.5. The molecule has 0 amide bonds. The summed E-state index contributed by atoms with van der Waals surface area (Å²) in [4.78, 5) is 0. The van der Waals surface area contributed by atoms with Crippen LogP contribution in [0.2, 0.25) is 0 Å². The van der Waals surface area contributed by atoms with Crippen LogP contribution in [-0.2, 0) is 19.3 Å². The van der Waals surface area contributed by atoms with Crippen LogP contribution in [0.25, 0.3) is 0 Å². The van der Waals surface area contributed by atoms with Crippen molar-refractivity contribution >= 4 is 0 Å². The predicted molar refractivity (Wildman–Crippen MR) is 148 cm³/mol. The highest BCUT2D eigenvalue weighted by Gasteiger charge is 2.28. The lowest BCUT2D eigenvalue weighted by molar-refractivity contribution is 0.570. The average molecular weight is 451 g/mol. The van der Waals surface area contributed by atoms with Gasteiger partial charge in [-0.1, -0.05) is 114 Å². The van der Waals surface area contributed by atoms with Crippen LogP contribution in [-0.4, -0.2) is 0 Å². The maximum absolute atomic E-state index is 4.81. The van der Waals surface area contributed by atoms with Crippen molar-refractivity contribution in [3.63, 3.8) is 0 Å². The second-order valence-electron chi connectivity index (χ2n) is 10.9. The molecule has 3 aromatic carbocycles. The van der Waals surface area contributed by atoms with E-state index in [1.54, 1.807) is 0 Å². The van der Waals surface area contributed by atoms with Crippen molar-refractivity contribution in [3.8, 4) is 0 Å². The fourth-order valence-corrected chi connectivity index (χ4v) is 5.55. The first-order valence-electron chi connectivity index (χ1n) is 13.4. The van der Waals surface area contributed by atoms with Gasteiger partial charge < -0.3 is 0 Å². The Morgan fingerprint density at radius 3 is 1.94 bits per heavy atom. The van der Waals surface area contributed by atoms with Crippen LogP contribution in [0.1, 0.15) is 110 Å². The topological polar surface area (TPSA) is 0 Å². The zero-order valence-electron chi connectivity index (χ0n) is 21.9. The van der Waals surface area contributed by atoms with Gasteiger partial charge in [0.2, 0.25) is 0 Å². The molecule has 1 aliphatic rings. The summed E-state index contributed by atoms with van der Waals surface area (Å²) in [6, 6.07) is 25.8. The molecule has 34 heavy (non-hydrogen) atoms. The number of hydrogen-bond donors (Lipinski definition) is 0. The lowest BCUT2D eigenvalue weighted by atomic mass is 9.72. The van der Waals surface area contributed by atoms with E-state index in [4.69, 9.17) is 6.58 Å². The lowest BCUT2D eigenvalue weighted by Gasteiger charge is -2.32. The average Bonchev–Trinajstić information content (AvgIpc) is 2.86. The number of allylic oxidation sites excluding steroid dienone is 1. The molecule has 3 aromatic rings. The van der Waals surface area contributed by atoms with Gasteiger partial charge >= 0.3 is 0 Å². The lowest BCUT2D eigenvalue weighted by Crippen LogP contribution is -2.18. The zero-order valence-corrected chi connectivity index (χ0v) is 21.9. The Hall–Kier alpha value is -2.60. The third kappa shape index (κ3) is 5.38. The predicted octanol–water partition coefficient (Wildman–Crippen LogP) is 9.50. The third-order valence-corrected chi connectivity index (χ3v) is 7.92. The molecule has 0 heteroatoms. The minimum absolute atomic E-state index is 0.326. The van der Waals surface area contributed by atoms with Crippen molar-refractivity contribution in [2.24, 2.45) is 0 Å². The number of hydrogen-bond acceptors (Lipinski definition) is 0. The molecule has 0 aromatic heterocycles. The molecular formula is C34H42. The molecule has 0 saturated heterocycles. The highest BCUT2D eigenvalue weighted by Crippen LogP contribution is 2.43. The van der Waals surface area contributed by atoms with Gasteiger partial charge in [-0.2, -0.15) is 0 Å². The van der Waals surface area contributed by atoms with E-state index in [0.717, 1.165) is 12.8 Å². The maximum Gasteiger partial charge on any atom is 0.00919 e. The monoisotopic (exact) mass is 450 g/mol. The zero-order chi connectivity index (χ0) is 24.2. The van der Waals surface area contributed by atoms with Crippen molar-refractivity contribution < 1.29 is 0 Å². The summed E-state index contributed by atoms with van der Waals surface area (Å²) in [5.41, 5.74) is 11.5. The molecule has 0 aliphatic heterocycles. The van der Waals surface area contributed by atoms with Gasteiger partial charge in [0.25, 0.3) is 0 Å². The molecule has 4 rings (SSSR count). The largest absolute Gasteiger partial charge is 0.0986 e. The molecule has 0 nitrogen and oxygen atoms in total. The molecule has 1 aliphatic carbocycles. The number of aryl methyl sites for hydroxylation is 2. The summed E-state index contributed by atoms with van der Waals surface area (Å²) >= 11 is 0. The van der Waals surface area contributed by atoms with Crippen molar-refractivity contribution in [2.75, 3.05) is 0 Å². The molecule has 178 valence electrons. The fraction of sp³-hybridized carbons (Fsp3) is 0.412. The Morgan fingerprint density at radius 1 is 0.794 bits per heavy atom.